The number of hydrogen-bond donors (Lipinski definition) is 2. The molecule has 4 rings (SSSR count). The highest BCUT2D eigenvalue weighted by Crippen LogP contribution is 2.46. The molecular weight excluding hydrogens is 362 g/mol. The van der Waals surface area contributed by atoms with Gasteiger partial charge in [-0.05, 0) is 29.7 Å². The topological polar surface area (TPSA) is 71.1 Å². The number of nitrogens with one attached hydrogen (secondary N) is 1. The summed E-state index contributed by atoms with van der Waals surface area (Å²) in [5.74, 6) is 1.25. The van der Waals surface area contributed by atoms with Crippen molar-refractivity contribution in [2.75, 3.05) is 0 Å². The number of rotatable bonds is 3. The number of aromatic hydroxyl groups is 1. The highest BCUT2D eigenvalue weighted by molar-refractivity contribution is 6.30. The van der Waals surface area contributed by atoms with Gasteiger partial charge in [-0.3, -0.25) is 5.41 Å². The molecule has 0 radical (unpaired) electrons. The Balaban J connectivity index is 1.96. The zero-order valence-electron chi connectivity index (χ0n) is 15.1. The van der Waals surface area contributed by atoms with Crippen LogP contribution in [0.5, 0.6) is 17.4 Å². The van der Waals surface area contributed by atoms with Crippen LogP contribution < -0.4 is 10.2 Å². The molecule has 0 amide bonds. The molecule has 1 aliphatic heterocycles. The quantitative estimate of drug-likeness (QED) is 0.542. The first-order chi connectivity index (χ1) is 12.9. The van der Waals surface area contributed by atoms with Gasteiger partial charge in [0.25, 0.3) is 0 Å². The predicted octanol–water partition coefficient (Wildman–Crippen LogP) is 4.66. The fourth-order valence-electron chi connectivity index (χ4n) is 3.49. The zero-order valence-corrected chi connectivity index (χ0v) is 15.9. The Morgan fingerprint density at radius 3 is 2.67 bits per heavy atom. The smallest absolute Gasteiger partial charge is 0.228 e. The molecule has 0 unspecified atom stereocenters. The Bertz CT molecular complexity index is 1060. The molecule has 0 bridgehead atoms. The minimum atomic E-state index is -0.221. The first kappa shape index (κ1) is 17.6. The molecule has 2 aromatic carbocycles. The summed E-state index contributed by atoms with van der Waals surface area (Å²) in [5.41, 5.74) is 2.99. The third-order valence-corrected chi connectivity index (χ3v) is 4.91. The first-order valence-electron chi connectivity index (χ1n) is 8.84. The van der Waals surface area contributed by atoms with Gasteiger partial charge in [0.05, 0.1) is 5.56 Å². The number of benzene rings is 2. The van der Waals surface area contributed by atoms with Crippen molar-refractivity contribution in [3.8, 4) is 17.4 Å². The van der Waals surface area contributed by atoms with Crippen LogP contribution in [0.4, 0.5) is 0 Å². The molecule has 0 fully saturated rings. The second-order valence-electron chi connectivity index (χ2n) is 7.17. The maximum absolute atomic E-state index is 9.87. The van der Waals surface area contributed by atoms with Gasteiger partial charge in [0.2, 0.25) is 5.88 Å². The number of halogens is 1. The van der Waals surface area contributed by atoms with Crippen LogP contribution in [0.25, 0.3) is 0 Å². The van der Waals surface area contributed by atoms with Crippen molar-refractivity contribution in [2.45, 2.75) is 26.3 Å². The summed E-state index contributed by atoms with van der Waals surface area (Å²) < 4.78 is 7.79. The zero-order chi connectivity index (χ0) is 19.1. The minimum absolute atomic E-state index is 0.129. The van der Waals surface area contributed by atoms with Crippen LogP contribution in [-0.2, 0) is 6.54 Å². The lowest BCUT2D eigenvalue weighted by Crippen LogP contribution is -2.30. The lowest BCUT2D eigenvalue weighted by atomic mass is 9.84. The van der Waals surface area contributed by atoms with Gasteiger partial charge in [-0.15, -0.1) is 0 Å². The monoisotopic (exact) mass is 381 g/mol. The van der Waals surface area contributed by atoms with E-state index in [1.807, 2.05) is 34.9 Å². The van der Waals surface area contributed by atoms with Gasteiger partial charge in [0.1, 0.15) is 23.3 Å². The lowest BCUT2D eigenvalue weighted by Gasteiger charge is -2.28. The number of ether oxygens (including phenoxy) is 1. The second-order valence-corrected chi connectivity index (χ2v) is 7.60. The Morgan fingerprint density at radius 1 is 1.22 bits per heavy atom. The third-order valence-electron chi connectivity index (χ3n) is 4.66. The maximum Gasteiger partial charge on any atom is 0.228 e. The van der Waals surface area contributed by atoms with Gasteiger partial charge >= 0.3 is 0 Å². The van der Waals surface area contributed by atoms with Crippen molar-refractivity contribution in [1.29, 1.82) is 5.41 Å². The normalized spacial score (nSPS) is 15.2. The Kier molecular flexibility index (Phi) is 4.40. The van der Waals surface area contributed by atoms with Crippen LogP contribution >= 0.6 is 11.6 Å². The van der Waals surface area contributed by atoms with Crippen molar-refractivity contribution in [2.24, 2.45) is 5.92 Å². The fourth-order valence-corrected chi connectivity index (χ4v) is 3.62. The molecule has 1 aromatic heterocycles. The lowest BCUT2D eigenvalue weighted by molar-refractivity contribution is 0.407. The van der Waals surface area contributed by atoms with E-state index in [9.17, 15) is 5.11 Å². The molecule has 6 heteroatoms. The standard InChI is InChI=1S/C21H20ClN3O2/c1-12(2)10-25-11-24-21-19(20(25)23)18(13-3-5-14(22)6-4-13)16-8-7-15(26)9-17(16)27-21/h3-9,11-12,18,23,26H,10H2,1-2H3/t18-/m0/s1. The highest BCUT2D eigenvalue weighted by atomic mass is 35.5. The van der Waals surface area contributed by atoms with Crippen LogP contribution in [0.1, 0.15) is 36.5 Å². The highest BCUT2D eigenvalue weighted by Gasteiger charge is 2.32. The molecule has 0 saturated carbocycles. The molecule has 0 saturated heterocycles. The SMILES string of the molecule is CC(C)Cn1cnc2c(c1=N)[C@@H](c1ccc(Cl)cc1)c1ccc(O)cc1O2. The molecule has 1 aliphatic rings. The largest absolute Gasteiger partial charge is 0.508 e. The summed E-state index contributed by atoms with van der Waals surface area (Å²) in [7, 11) is 0. The Hall–Kier alpha value is -2.79. The maximum atomic E-state index is 9.87. The second kappa shape index (κ2) is 6.74. The van der Waals surface area contributed by atoms with E-state index in [0.717, 1.165) is 16.7 Å². The van der Waals surface area contributed by atoms with Crippen LogP contribution in [0, 0.1) is 11.3 Å². The van der Waals surface area contributed by atoms with Gasteiger partial charge in [-0.25, -0.2) is 4.98 Å². The summed E-state index contributed by atoms with van der Waals surface area (Å²) in [5, 5.41) is 19.3. The molecular formula is C21H20ClN3O2. The molecule has 138 valence electrons. The van der Waals surface area contributed by atoms with Crippen LogP contribution in [-0.4, -0.2) is 14.7 Å². The van der Waals surface area contributed by atoms with Crippen molar-refractivity contribution in [1.82, 2.24) is 9.55 Å². The molecule has 0 spiro atoms. The van der Waals surface area contributed by atoms with Crippen molar-refractivity contribution in [3.63, 3.8) is 0 Å². The number of hydrogen-bond acceptors (Lipinski definition) is 4. The molecule has 0 aliphatic carbocycles. The van der Waals surface area contributed by atoms with E-state index < -0.39 is 0 Å². The van der Waals surface area contributed by atoms with E-state index in [-0.39, 0.29) is 11.7 Å². The molecule has 2 heterocycles. The van der Waals surface area contributed by atoms with Crippen LogP contribution in [0.3, 0.4) is 0 Å². The van der Waals surface area contributed by atoms with Gasteiger partial charge in [0, 0.05) is 29.1 Å². The predicted molar refractivity (Wildman–Crippen MR) is 103 cm³/mol. The summed E-state index contributed by atoms with van der Waals surface area (Å²) in [6.07, 6.45) is 1.65. The minimum Gasteiger partial charge on any atom is -0.508 e. The van der Waals surface area contributed by atoms with Gasteiger partial charge < -0.3 is 14.4 Å². The number of fused-ring (bicyclic) bond motifs is 2. The average molecular weight is 382 g/mol. The Morgan fingerprint density at radius 2 is 1.96 bits per heavy atom. The van der Waals surface area contributed by atoms with E-state index in [1.165, 1.54) is 0 Å². The molecule has 27 heavy (non-hydrogen) atoms. The Labute approximate surface area is 162 Å². The van der Waals surface area contributed by atoms with Gasteiger partial charge in [-0.2, -0.15) is 0 Å². The van der Waals surface area contributed by atoms with E-state index in [1.54, 1.807) is 18.5 Å². The molecule has 1 atom stereocenters. The van der Waals surface area contributed by atoms with E-state index in [0.29, 0.717) is 34.6 Å². The van der Waals surface area contributed by atoms with Crippen LogP contribution in [0.2, 0.25) is 5.02 Å². The van der Waals surface area contributed by atoms with Gasteiger partial charge in [-0.1, -0.05) is 43.6 Å². The average Bonchev–Trinajstić information content (AvgIpc) is 2.63. The fraction of sp³-hybridized carbons (Fsp3) is 0.238. The summed E-state index contributed by atoms with van der Waals surface area (Å²) >= 11 is 6.07. The van der Waals surface area contributed by atoms with E-state index >= 15 is 0 Å². The van der Waals surface area contributed by atoms with E-state index in [2.05, 4.69) is 18.8 Å². The molecule has 2 N–H and O–H groups in total. The van der Waals surface area contributed by atoms with Crippen molar-refractivity contribution >= 4 is 11.6 Å². The third kappa shape index (κ3) is 3.19. The van der Waals surface area contributed by atoms with Crippen molar-refractivity contribution in [3.05, 3.63) is 76.0 Å². The summed E-state index contributed by atoms with van der Waals surface area (Å²) in [4.78, 5) is 4.47. The first-order valence-corrected chi connectivity index (χ1v) is 9.22. The van der Waals surface area contributed by atoms with Crippen molar-refractivity contribution < 1.29 is 9.84 Å². The molecule has 3 aromatic rings. The summed E-state index contributed by atoms with van der Waals surface area (Å²) in [6, 6.07) is 12.7. The number of nitrogens with zero attached hydrogens (tertiary/aromatic N) is 2. The van der Waals surface area contributed by atoms with Crippen LogP contribution in [0.15, 0.2) is 48.8 Å². The number of phenols is 1. The van der Waals surface area contributed by atoms with Gasteiger partial charge in [0.15, 0.2) is 0 Å². The number of phenolic OH excluding ortho intramolecular Hbond substituents is 1. The number of aromatic nitrogens is 2. The van der Waals surface area contributed by atoms with E-state index in [4.69, 9.17) is 21.7 Å². The summed E-state index contributed by atoms with van der Waals surface area (Å²) in [6.45, 7) is 4.92. The molecule has 5 nitrogen and oxygen atoms in total.